The Morgan fingerprint density at radius 3 is 2.33 bits per heavy atom. The smallest absolute Gasteiger partial charge is 0.416 e. The molecule has 0 amide bonds. The van der Waals surface area contributed by atoms with Crippen molar-refractivity contribution in [1.82, 2.24) is 18.7 Å². The van der Waals surface area contributed by atoms with E-state index in [2.05, 4.69) is 4.98 Å². The van der Waals surface area contributed by atoms with Gasteiger partial charge in [0.25, 0.3) is 5.56 Å². The van der Waals surface area contributed by atoms with E-state index in [0.29, 0.717) is 5.02 Å². The number of rotatable bonds is 4. The zero-order valence-electron chi connectivity index (χ0n) is 17.7. The maximum absolute atomic E-state index is 13.2. The molecule has 1 unspecified atom stereocenters. The van der Waals surface area contributed by atoms with Crippen molar-refractivity contribution in [3.63, 3.8) is 0 Å². The molecule has 0 aliphatic carbocycles. The average molecular weight is 479 g/mol. The van der Waals surface area contributed by atoms with Crippen molar-refractivity contribution in [3.05, 3.63) is 85.5 Å². The van der Waals surface area contributed by atoms with Crippen LogP contribution in [0.3, 0.4) is 0 Å². The van der Waals surface area contributed by atoms with Gasteiger partial charge in [-0.2, -0.15) is 18.2 Å². The van der Waals surface area contributed by atoms with Crippen LogP contribution in [0, 0.1) is 0 Å². The highest BCUT2D eigenvalue weighted by Crippen LogP contribution is 2.34. The summed E-state index contributed by atoms with van der Waals surface area (Å²) >= 11 is 5.98. The van der Waals surface area contributed by atoms with Crippen molar-refractivity contribution in [3.8, 4) is 11.8 Å². The summed E-state index contributed by atoms with van der Waals surface area (Å²) in [5.41, 5.74) is -1.24. The van der Waals surface area contributed by atoms with Gasteiger partial charge in [0.05, 0.1) is 11.6 Å². The fraction of sp³-hybridized carbons (Fsp3) is 0.227. The molecule has 0 radical (unpaired) electrons. The van der Waals surface area contributed by atoms with Crippen molar-refractivity contribution in [2.45, 2.75) is 19.1 Å². The van der Waals surface area contributed by atoms with Crippen LogP contribution in [0.4, 0.5) is 13.2 Å². The fourth-order valence-corrected chi connectivity index (χ4v) is 3.68. The summed E-state index contributed by atoms with van der Waals surface area (Å²) in [4.78, 5) is 29.7. The molecule has 1 atom stereocenters. The maximum atomic E-state index is 13.2. The Hall–Kier alpha value is -3.53. The second kappa shape index (κ2) is 8.11. The lowest BCUT2D eigenvalue weighted by Crippen LogP contribution is -2.37. The minimum atomic E-state index is -4.56. The van der Waals surface area contributed by atoms with E-state index in [9.17, 15) is 22.8 Å². The highest BCUT2D eigenvalue weighted by Gasteiger charge is 2.31. The fourth-order valence-electron chi connectivity index (χ4n) is 3.56. The molecule has 0 bridgehead atoms. The first-order valence-corrected chi connectivity index (χ1v) is 10.2. The second-order valence-corrected chi connectivity index (χ2v) is 7.93. The summed E-state index contributed by atoms with van der Waals surface area (Å²) in [5, 5.41) is 0.514. The molecule has 7 nitrogen and oxygen atoms in total. The Bertz CT molecular complexity index is 1470. The van der Waals surface area contributed by atoms with Gasteiger partial charge < -0.3 is 4.74 Å². The lowest BCUT2D eigenvalue weighted by atomic mass is 10.1. The maximum Gasteiger partial charge on any atom is 0.416 e. The monoisotopic (exact) mass is 478 g/mol. The molecule has 4 rings (SSSR count). The lowest BCUT2D eigenvalue weighted by molar-refractivity contribution is -0.137. The van der Waals surface area contributed by atoms with Gasteiger partial charge in [-0.15, -0.1) is 0 Å². The number of hydrogen-bond acceptors (Lipinski definition) is 4. The molecule has 0 N–H and O–H groups in total. The number of fused-ring (bicyclic) bond motifs is 1. The summed E-state index contributed by atoms with van der Waals surface area (Å²) in [6.45, 7) is 1.77. The minimum Gasteiger partial charge on any atom is -0.425 e. The Kier molecular flexibility index (Phi) is 5.57. The van der Waals surface area contributed by atoms with Gasteiger partial charge in [-0.3, -0.25) is 18.5 Å². The molecule has 0 fully saturated rings. The predicted octanol–water partition coefficient (Wildman–Crippen LogP) is 4.51. The number of halogens is 4. The van der Waals surface area contributed by atoms with Crippen LogP contribution in [-0.4, -0.2) is 18.7 Å². The van der Waals surface area contributed by atoms with Crippen molar-refractivity contribution in [2.24, 2.45) is 14.1 Å². The summed E-state index contributed by atoms with van der Waals surface area (Å²) < 4.78 is 48.8. The third-order valence-corrected chi connectivity index (χ3v) is 5.62. The average Bonchev–Trinajstić information content (AvgIpc) is 3.15. The first kappa shape index (κ1) is 22.7. The minimum absolute atomic E-state index is 0.0471. The van der Waals surface area contributed by atoms with Crippen molar-refractivity contribution < 1.29 is 17.9 Å². The number of alkyl halides is 3. The van der Waals surface area contributed by atoms with Crippen LogP contribution in [0.1, 0.15) is 24.1 Å². The van der Waals surface area contributed by atoms with Crippen molar-refractivity contribution >= 4 is 22.8 Å². The number of nitrogens with zero attached hydrogens (tertiary/aromatic N) is 4. The topological polar surface area (TPSA) is 71.1 Å². The number of imidazole rings is 1. The summed E-state index contributed by atoms with van der Waals surface area (Å²) in [6, 6.07) is 10.5. The van der Waals surface area contributed by atoms with Gasteiger partial charge in [0.1, 0.15) is 5.75 Å². The molecular weight excluding hydrogens is 461 g/mol. The Morgan fingerprint density at radius 2 is 1.70 bits per heavy atom. The molecule has 2 aromatic carbocycles. The van der Waals surface area contributed by atoms with Crippen LogP contribution in [0.2, 0.25) is 5.02 Å². The number of ether oxygens (including phenoxy) is 1. The first-order valence-electron chi connectivity index (χ1n) is 9.77. The number of aryl methyl sites for hydroxylation is 1. The van der Waals surface area contributed by atoms with Gasteiger partial charge >= 0.3 is 17.9 Å². The SMILES string of the molecule is CC(c1ccc(Cl)cc1)n1c(Oc2cccc(C(F)(F)F)c2)nc2c1c(=O)n(C)c(=O)n2C. The summed E-state index contributed by atoms with van der Waals surface area (Å²) in [7, 11) is 2.78. The predicted molar refractivity (Wildman–Crippen MR) is 117 cm³/mol. The van der Waals surface area contributed by atoms with Crippen LogP contribution in [-0.2, 0) is 20.3 Å². The van der Waals surface area contributed by atoms with Crippen LogP contribution in [0.25, 0.3) is 11.2 Å². The zero-order chi connectivity index (χ0) is 24.1. The Morgan fingerprint density at radius 1 is 1.03 bits per heavy atom. The van der Waals surface area contributed by atoms with Crippen LogP contribution in [0.15, 0.2) is 58.1 Å². The molecule has 172 valence electrons. The van der Waals surface area contributed by atoms with Crippen molar-refractivity contribution in [1.29, 1.82) is 0 Å². The largest absolute Gasteiger partial charge is 0.425 e. The number of benzene rings is 2. The molecule has 2 heterocycles. The van der Waals surface area contributed by atoms with E-state index in [1.807, 2.05) is 0 Å². The third kappa shape index (κ3) is 4.02. The normalized spacial score (nSPS) is 12.8. The molecule has 4 aromatic rings. The number of hydrogen-bond donors (Lipinski definition) is 0. The molecule has 0 aliphatic rings. The van der Waals surface area contributed by atoms with E-state index < -0.39 is 29.0 Å². The van der Waals surface area contributed by atoms with Gasteiger partial charge in [0.2, 0.25) is 0 Å². The molecule has 0 saturated heterocycles. The van der Waals surface area contributed by atoms with E-state index in [1.54, 1.807) is 31.2 Å². The van der Waals surface area contributed by atoms with Gasteiger partial charge in [0, 0.05) is 19.1 Å². The van der Waals surface area contributed by atoms with E-state index in [-0.39, 0.29) is 22.9 Å². The van der Waals surface area contributed by atoms with Gasteiger partial charge in [-0.05, 0) is 42.8 Å². The van der Waals surface area contributed by atoms with E-state index >= 15 is 0 Å². The molecule has 11 heteroatoms. The quantitative estimate of drug-likeness (QED) is 0.433. The van der Waals surface area contributed by atoms with Gasteiger partial charge in [0.15, 0.2) is 11.2 Å². The third-order valence-electron chi connectivity index (χ3n) is 5.37. The summed E-state index contributed by atoms with van der Waals surface area (Å²) in [5.74, 6) is -0.119. The van der Waals surface area contributed by atoms with Gasteiger partial charge in [-0.25, -0.2) is 4.79 Å². The van der Waals surface area contributed by atoms with Crippen LogP contribution < -0.4 is 16.0 Å². The zero-order valence-corrected chi connectivity index (χ0v) is 18.5. The van der Waals surface area contributed by atoms with E-state index in [4.69, 9.17) is 16.3 Å². The summed E-state index contributed by atoms with van der Waals surface area (Å²) in [6.07, 6.45) is -4.56. The molecular formula is C22H18ClF3N4O3. The molecule has 2 aromatic heterocycles. The molecule has 0 aliphatic heterocycles. The lowest BCUT2D eigenvalue weighted by Gasteiger charge is -2.18. The van der Waals surface area contributed by atoms with Crippen LogP contribution >= 0.6 is 11.6 Å². The van der Waals surface area contributed by atoms with E-state index in [0.717, 1.165) is 22.3 Å². The molecule has 0 saturated carbocycles. The molecule has 33 heavy (non-hydrogen) atoms. The van der Waals surface area contributed by atoms with Crippen molar-refractivity contribution in [2.75, 3.05) is 0 Å². The highest BCUT2D eigenvalue weighted by molar-refractivity contribution is 6.30. The van der Waals surface area contributed by atoms with E-state index in [1.165, 1.54) is 35.4 Å². The standard InChI is InChI=1S/C22H18ClF3N4O3/c1-12(13-7-9-15(23)10-8-13)30-17-18(28(2)21(32)29(3)19(17)31)27-20(30)33-16-6-4-5-14(11-16)22(24,25)26/h4-12H,1-3H3. The highest BCUT2D eigenvalue weighted by atomic mass is 35.5. The molecule has 0 spiro atoms. The van der Waals surface area contributed by atoms with Crippen LogP contribution in [0.5, 0.6) is 11.8 Å². The second-order valence-electron chi connectivity index (χ2n) is 7.50. The van der Waals surface area contributed by atoms with Gasteiger partial charge in [-0.1, -0.05) is 29.8 Å². The first-order chi connectivity index (χ1) is 15.5. The number of aromatic nitrogens is 4. The Balaban J connectivity index is 1.96. The Labute approximate surface area is 190 Å².